The van der Waals surface area contributed by atoms with Crippen LogP contribution in [-0.4, -0.2) is 41.6 Å². The molecule has 0 aliphatic carbocycles. The second-order valence-corrected chi connectivity index (χ2v) is 6.72. The molecule has 0 radical (unpaired) electrons. The van der Waals surface area contributed by atoms with Crippen molar-refractivity contribution in [1.82, 2.24) is 15.6 Å². The maximum atomic E-state index is 12.7. The standard InChI is InChI=1S/C13H9N3O6S/c17-7-3-4-8(6-2-1-5-14-9(6)7)23(21,22)10-11(18)15-13(20)16-12(10)19/h1-5,10,17H,(H2,15,16,18,19,20). The average Bonchev–Trinajstić information content (AvgIpc) is 2.46. The van der Waals surface area contributed by atoms with Crippen LogP contribution in [0.4, 0.5) is 4.79 Å². The van der Waals surface area contributed by atoms with Crippen molar-refractivity contribution in [2.24, 2.45) is 0 Å². The average molecular weight is 335 g/mol. The minimum absolute atomic E-state index is 0.0151. The third-order valence-corrected chi connectivity index (χ3v) is 5.29. The Labute approximate surface area is 129 Å². The molecule has 0 unspecified atom stereocenters. The Bertz CT molecular complexity index is 949. The second kappa shape index (κ2) is 5.02. The summed E-state index contributed by atoms with van der Waals surface area (Å²) in [4.78, 5) is 38.2. The van der Waals surface area contributed by atoms with Gasteiger partial charge in [-0.3, -0.25) is 25.2 Å². The number of amides is 4. The van der Waals surface area contributed by atoms with Crippen LogP contribution in [0.1, 0.15) is 0 Å². The van der Waals surface area contributed by atoms with E-state index < -0.39 is 32.9 Å². The van der Waals surface area contributed by atoms with Crippen molar-refractivity contribution in [1.29, 1.82) is 0 Å². The number of nitrogens with zero attached hydrogens (tertiary/aromatic N) is 1. The molecule has 3 rings (SSSR count). The summed E-state index contributed by atoms with van der Waals surface area (Å²) in [5.41, 5.74) is 0.0151. The summed E-state index contributed by atoms with van der Waals surface area (Å²) in [6.45, 7) is 0. The van der Waals surface area contributed by atoms with Gasteiger partial charge in [-0.05, 0) is 24.3 Å². The van der Waals surface area contributed by atoms with Gasteiger partial charge in [-0.25, -0.2) is 13.2 Å². The van der Waals surface area contributed by atoms with Gasteiger partial charge in [0.05, 0.1) is 4.90 Å². The van der Waals surface area contributed by atoms with Crippen molar-refractivity contribution in [3.63, 3.8) is 0 Å². The highest BCUT2D eigenvalue weighted by molar-refractivity contribution is 7.93. The van der Waals surface area contributed by atoms with Crippen LogP contribution in [0.25, 0.3) is 10.9 Å². The molecule has 3 N–H and O–H groups in total. The third kappa shape index (κ3) is 2.28. The quantitative estimate of drug-likeness (QED) is 0.625. The predicted molar refractivity (Wildman–Crippen MR) is 76.1 cm³/mol. The van der Waals surface area contributed by atoms with Crippen LogP contribution in [0.2, 0.25) is 0 Å². The maximum Gasteiger partial charge on any atom is 0.328 e. The molecule has 0 spiro atoms. The topological polar surface area (TPSA) is 143 Å². The van der Waals surface area contributed by atoms with Gasteiger partial charge in [-0.15, -0.1) is 0 Å². The van der Waals surface area contributed by atoms with Gasteiger partial charge in [-0.1, -0.05) is 0 Å². The number of pyridine rings is 1. The molecule has 23 heavy (non-hydrogen) atoms. The molecule has 0 bridgehead atoms. The van der Waals surface area contributed by atoms with Crippen molar-refractivity contribution in [2.45, 2.75) is 10.1 Å². The van der Waals surface area contributed by atoms with Gasteiger partial charge in [0.2, 0.25) is 5.25 Å². The number of aromatic nitrogens is 1. The summed E-state index contributed by atoms with van der Waals surface area (Å²) in [5, 5.41) is 11.2. The Hall–Kier alpha value is -3.01. The van der Waals surface area contributed by atoms with Crippen molar-refractivity contribution >= 4 is 38.6 Å². The van der Waals surface area contributed by atoms with Crippen LogP contribution in [0.5, 0.6) is 5.75 Å². The molecule has 1 aromatic heterocycles. The first kappa shape index (κ1) is 14.9. The Morgan fingerprint density at radius 1 is 1.04 bits per heavy atom. The van der Waals surface area contributed by atoms with Crippen LogP contribution in [0.3, 0.4) is 0 Å². The highest BCUT2D eigenvalue weighted by atomic mass is 32.2. The number of urea groups is 1. The summed E-state index contributed by atoms with van der Waals surface area (Å²) in [7, 11) is -4.45. The molecule has 1 aromatic carbocycles. The fraction of sp³-hybridized carbons (Fsp3) is 0.0769. The van der Waals surface area contributed by atoms with E-state index in [1.54, 1.807) is 10.6 Å². The first-order valence-corrected chi connectivity index (χ1v) is 7.83. The monoisotopic (exact) mass is 335 g/mol. The smallest absolute Gasteiger partial charge is 0.328 e. The van der Waals surface area contributed by atoms with Gasteiger partial charge in [-0.2, -0.15) is 0 Å². The number of fused-ring (bicyclic) bond motifs is 1. The molecule has 1 aliphatic rings. The minimum atomic E-state index is -4.45. The molecule has 10 heteroatoms. The van der Waals surface area contributed by atoms with E-state index in [0.29, 0.717) is 0 Å². The van der Waals surface area contributed by atoms with E-state index in [9.17, 15) is 27.9 Å². The lowest BCUT2D eigenvalue weighted by atomic mass is 10.2. The van der Waals surface area contributed by atoms with E-state index in [4.69, 9.17) is 0 Å². The number of nitrogens with one attached hydrogen (secondary N) is 2. The minimum Gasteiger partial charge on any atom is -0.506 e. The first-order valence-electron chi connectivity index (χ1n) is 6.28. The van der Waals surface area contributed by atoms with Gasteiger partial charge >= 0.3 is 6.03 Å². The van der Waals surface area contributed by atoms with Crippen LogP contribution in [0.15, 0.2) is 35.4 Å². The third-order valence-electron chi connectivity index (χ3n) is 3.27. The van der Waals surface area contributed by atoms with E-state index in [0.717, 1.165) is 12.1 Å². The van der Waals surface area contributed by atoms with Crippen LogP contribution in [-0.2, 0) is 19.4 Å². The fourth-order valence-corrected chi connectivity index (χ4v) is 3.96. The molecule has 9 nitrogen and oxygen atoms in total. The normalized spacial score (nSPS) is 16.3. The van der Waals surface area contributed by atoms with Gasteiger partial charge in [0, 0.05) is 11.6 Å². The molecule has 0 atom stereocenters. The Kier molecular flexibility index (Phi) is 3.25. The summed E-state index contributed by atoms with van der Waals surface area (Å²) in [6.07, 6.45) is 1.36. The molecule has 118 valence electrons. The number of carbonyl (C=O) groups is 3. The molecular formula is C13H9N3O6S. The van der Waals surface area contributed by atoms with Crippen molar-refractivity contribution < 1.29 is 27.9 Å². The van der Waals surface area contributed by atoms with Crippen LogP contribution < -0.4 is 10.6 Å². The number of carbonyl (C=O) groups excluding carboxylic acids is 3. The molecule has 4 amide bonds. The van der Waals surface area contributed by atoms with E-state index >= 15 is 0 Å². The number of hydrogen-bond donors (Lipinski definition) is 3. The fourth-order valence-electron chi connectivity index (χ4n) is 2.29. The summed E-state index contributed by atoms with van der Waals surface area (Å²) in [6, 6.07) is 3.94. The predicted octanol–water partition coefficient (Wildman–Crippen LogP) is -0.551. The van der Waals surface area contributed by atoms with Crippen LogP contribution >= 0.6 is 0 Å². The Morgan fingerprint density at radius 2 is 1.70 bits per heavy atom. The van der Waals surface area contributed by atoms with Gasteiger partial charge < -0.3 is 5.11 Å². The molecule has 1 saturated heterocycles. The van der Waals surface area contributed by atoms with E-state index in [1.807, 2.05) is 0 Å². The van der Waals surface area contributed by atoms with Gasteiger partial charge in [0.1, 0.15) is 11.3 Å². The SMILES string of the molecule is O=C1NC(=O)C(S(=O)(=O)c2ccc(O)c3ncccc23)C(=O)N1. The van der Waals surface area contributed by atoms with Gasteiger partial charge in [0.25, 0.3) is 11.8 Å². The molecule has 1 fully saturated rings. The number of sulfone groups is 1. The van der Waals surface area contributed by atoms with Crippen molar-refractivity contribution in [2.75, 3.05) is 0 Å². The summed E-state index contributed by atoms with van der Waals surface area (Å²) in [5.74, 6) is -2.71. The Balaban J connectivity index is 2.22. The van der Waals surface area contributed by atoms with Crippen molar-refractivity contribution in [3.05, 3.63) is 30.5 Å². The van der Waals surface area contributed by atoms with Gasteiger partial charge in [0.15, 0.2) is 9.84 Å². The van der Waals surface area contributed by atoms with E-state index in [1.165, 1.54) is 18.3 Å². The number of aromatic hydroxyl groups is 1. The number of benzene rings is 1. The number of imide groups is 2. The maximum absolute atomic E-state index is 12.7. The largest absolute Gasteiger partial charge is 0.506 e. The Morgan fingerprint density at radius 3 is 2.35 bits per heavy atom. The zero-order valence-electron chi connectivity index (χ0n) is 11.3. The number of phenolic OH excluding ortho intramolecular Hbond substituents is 1. The molecule has 0 saturated carbocycles. The zero-order valence-corrected chi connectivity index (χ0v) is 12.1. The number of barbiturate groups is 1. The lowest BCUT2D eigenvalue weighted by molar-refractivity contribution is -0.129. The molecule has 2 heterocycles. The zero-order chi connectivity index (χ0) is 16.8. The number of rotatable bonds is 2. The molecular weight excluding hydrogens is 326 g/mol. The summed E-state index contributed by atoms with van der Waals surface area (Å²) >= 11 is 0. The highest BCUT2D eigenvalue weighted by Gasteiger charge is 2.45. The van der Waals surface area contributed by atoms with Crippen LogP contribution in [0, 0.1) is 0 Å². The molecule has 2 aromatic rings. The highest BCUT2D eigenvalue weighted by Crippen LogP contribution is 2.30. The number of hydrogen-bond acceptors (Lipinski definition) is 7. The van der Waals surface area contributed by atoms with Crippen molar-refractivity contribution in [3.8, 4) is 5.75 Å². The lowest BCUT2D eigenvalue weighted by Gasteiger charge is -2.21. The van der Waals surface area contributed by atoms with E-state index in [2.05, 4.69) is 4.98 Å². The van der Waals surface area contributed by atoms with E-state index in [-0.39, 0.29) is 21.5 Å². The number of phenols is 1. The summed E-state index contributed by atoms with van der Waals surface area (Å²) < 4.78 is 25.4. The second-order valence-electron chi connectivity index (χ2n) is 4.72. The first-order chi connectivity index (χ1) is 10.8. The molecule has 1 aliphatic heterocycles. The lowest BCUT2D eigenvalue weighted by Crippen LogP contribution is -2.61.